The highest BCUT2D eigenvalue weighted by Crippen LogP contribution is 2.35. The highest BCUT2D eigenvalue weighted by molar-refractivity contribution is 6.19. The van der Waals surface area contributed by atoms with E-state index in [0.717, 1.165) is 10.9 Å². The van der Waals surface area contributed by atoms with Gasteiger partial charge in [0.1, 0.15) is 0 Å². The van der Waals surface area contributed by atoms with Crippen LogP contribution < -0.4 is 4.90 Å². The van der Waals surface area contributed by atoms with E-state index in [-0.39, 0.29) is 17.2 Å². The van der Waals surface area contributed by atoms with Crippen LogP contribution in [-0.4, -0.2) is 22.0 Å². The van der Waals surface area contributed by atoms with Crippen molar-refractivity contribution in [2.45, 2.75) is 26.7 Å². The number of fused-ring (bicyclic) bond motifs is 1. The molecule has 1 fully saturated rings. The summed E-state index contributed by atoms with van der Waals surface area (Å²) in [5, 5.41) is 7.77. The van der Waals surface area contributed by atoms with Gasteiger partial charge in [-0.05, 0) is 17.5 Å². The molecule has 98 valence electrons. The number of piperidine rings is 1. The van der Waals surface area contributed by atoms with Gasteiger partial charge in [-0.3, -0.25) is 14.7 Å². The molecule has 0 atom stereocenters. The third-order valence-electron chi connectivity index (χ3n) is 3.42. The molecule has 1 aliphatic rings. The number of H-pyrrole nitrogens is 1. The van der Waals surface area contributed by atoms with Crippen LogP contribution in [0.4, 0.5) is 5.82 Å². The van der Waals surface area contributed by atoms with Crippen molar-refractivity contribution >= 4 is 28.5 Å². The Labute approximate surface area is 110 Å². The quantitative estimate of drug-likeness (QED) is 0.797. The molecule has 2 heterocycles. The Hall–Kier alpha value is -2.17. The molecule has 0 unspecified atom stereocenters. The van der Waals surface area contributed by atoms with Gasteiger partial charge >= 0.3 is 0 Å². The van der Waals surface area contributed by atoms with Crippen LogP contribution in [0, 0.1) is 5.41 Å². The summed E-state index contributed by atoms with van der Waals surface area (Å²) in [7, 11) is 0. The zero-order valence-corrected chi connectivity index (χ0v) is 10.9. The van der Waals surface area contributed by atoms with Gasteiger partial charge in [0.15, 0.2) is 5.82 Å². The minimum absolute atomic E-state index is 0.182. The third kappa shape index (κ3) is 1.91. The standard InChI is InChI=1S/C14H15N3O2/c1-14(2)7-11(18)17(12(19)8-14)13-9-5-3-4-6-10(9)15-16-13/h3-6H,7-8H2,1-2H3,(H,15,16). The molecule has 5 nitrogen and oxygen atoms in total. The van der Waals surface area contributed by atoms with Gasteiger partial charge in [-0.1, -0.05) is 26.0 Å². The minimum atomic E-state index is -0.267. The van der Waals surface area contributed by atoms with Gasteiger partial charge in [-0.2, -0.15) is 5.10 Å². The summed E-state index contributed by atoms with van der Waals surface area (Å²) in [5.74, 6) is 0.0538. The van der Waals surface area contributed by atoms with E-state index in [1.54, 1.807) is 0 Å². The Kier molecular flexibility index (Phi) is 2.45. The second kappa shape index (κ2) is 3.91. The van der Waals surface area contributed by atoms with Crippen molar-refractivity contribution in [2.75, 3.05) is 4.90 Å². The molecule has 1 N–H and O–H groups in total. The van der Waals surface area contributed by atoms with Gasteiger partial charge in [0.05, 0.1) is 5.52 Å². The average Bonchev–Trinajstić information content (AvgIpc) is 2.71. The molecule has 19 heavy (non-hydrogen) atoms. The number of carbonyl (C=O) groups is 2. The van der Waals surface area contributed by atoms with Crippen LogP contribution in [0.2, 0.25) is 0 Å². The maximum Gasteiger partial charge on any atom is 0.235 e. The highest BCUT2D eigenvalue weighted by atomic mass is 16.2. The van der Waals surface area contributed by atoms with Crippen molar-refractivity contribution in [1.82, 2.24) is 10.2 Å². The Morgan fingerprint density at radius 2 is 1.79 bits per heavy atom. The third-order valence-corrected chi connectivity index (χ3v) is 3.42. The lowest BCUT2D eigenvalue weighted by Gasteiger charge is -2.33. The molecule has 0 spiro atoms. The molecule has 0 radical (unpaired) electrons. The van der Waals surface area contributed by atoms with E-state index < -0.39 is 0 Å². The normalized spacial score (nSPS) is 19.2. The smallest absolute Gasteiger partial charge is 0.235 e. The molecule has 1 saturated heterocycles. The van der Waals surface area contributed by atoms with Crippen molar-refractivity contribution in [2.24, 2.45) is 5.41 Å². The summed E-state index contributed by atoms with van der Waals surface area (Å²) in [6.45, 7) is 3.87. The van der Waals surface area contributed by atoms with Crippen LogP contribution in [0.5, 0.6) is 0 Å². The summed E-state index contributed by atoms with van der Waals surface area (Å²) >= 11 is 0. The number of hydrogen-bond donors (Lipinski definition) is 1. The topological polar surface area (TPSA) is 66.1 Å². The number of rotatable bonds is 1. The van der Waals surface area contributed by atoms with E-state index in [2.05, 4.69) is 10.2 Å². The SMILES string of the molecule is CC1(C)CC(=O)N(c2n[nH]c3ccccc23)C(=O)C1. The van der Waals surface area contributed by atoms with Crippen molar-refractivity contribution in [3.63, 3.8) is 0 Å². The van der Waals surface area contributed by atoms with Crippen LogP contribution >= 0.6 is 0 Å². The number of para-hydroxylation sites is 1. The van der Waals surface area contributed by atoms with E-state index in [0.29, 0.717) is 18.7 Å². The fourth-order valence-electron chi connectivity index (χ4n) is 2.53. The summed E-state index contributed by atoms with van der Waals surface area (Å²) in [6, 6.07) is 7.47. The first-order valence-electron chi connectivity index (χ1n) is 6.27. The zero-order valence-electron chi connectivity index (χ0n) is 10.9. The lowest BCUT2D eigenvalue weighted by atomic mass is 9.82. The minimum Gasteiger partial charge on any atom is -0.276 e. The van der Waals surface area contributed by atoms with Crippen LogP contribution in [-0.2, 0) is 9.59 Å². The predicted octanol–water partition coefficient (Wildman–Crippen LogP) is 2.24. The first kappa shape index (κ1) is 11.9. The number of amides is 2. The lowest BCUT2D eigenvalue weighted by Crippen LogP contribution is -2.46. The maximum absolute atomic E-state index is 12.2. The molecule has 3 rings (SSSR count). The van der Waals surface area contributed by atoms with E-state index in [1.807, 2.05) is 38.1 Å². The van der Waals surface area contributed by atoms with Crippen LogP contribution in [0.3, 0.4) is 0 Å². The predicted molar refractivity (Wildman–Crippen MR) is 71.6 cm³/mol. The fraction of sp³-hybridized carbons (Fsp3) is 0.357. The average molecular weight is 257 g/mol. The number of aromatic amines is 1. The largest absolute Gasteiger partial charge is 0.276 e. The molecule has 0 bridgehead atoms. The second-order valence-electron chi connectivity index (χ2n) is 5.73. The van der Waals surface area contributed by atoms with E-state index in [1.165, 1.54) is 4.90 Å². The number of nitrogens with zero attached hydrogens (tertiary/aromatic N) is 2. The second-order valence-corrected chi connectivity index (χ2v) is 5.73. The Balaban J connectivity index is 2.07. The number of benzene rings is 1. The lowest BCUT2D eigenvalue weighted by molar-refractivity contribution is -0.132. The molecule has 1 aromatic carbocycles. The van der Waals surface area contributed by atoms with E-state index >= 15 is 0 Å². The van der Waals surface area contributed by atoms with Gasteiger partial charge in [0.2, 0.25) is 11.8 Å². The van der Waals surface area contributed by atoms with Gasteiger partial charge in [-0.15, -0.1) is 0 Å². The molecular formula is C14H15N3O2. The first-order chi connectivity index (χ1) is 8.98. The van der Waals surface area contributed by atoms with Crippen LogP contribution in [0.1, 0.15) is 26.7 Å². The number of hydrogen-bond acceptors (Lipinski definition) is 3. The number of anilines is 1. The summed E-state index contributed by atoms with van der Waals surface area (Å²) < 4.78 is 0. The number of nitrogens with one attached hydrogen (secondary N) is 1. The van der Waals surface area contributed by atoms with Crippen molar-refractivity contribution in [1.29, 1.82) is 0 Å². The zero-order chi connectivity index (χ0) is 13.6. The molecule has 0 saturated carbocycles. The molecule has 2 amide bonds. The molecule has 2 aromatic rings. The summed E-state index contributed by atoms with van der Waals surface area (Å²) in [6.07, 6.45) is 0.722. The van der Waals surface area contributed by atoms with Gasteiger partial charge in [0, 0.05) is 18.2 Å². The number of carbonyl (C=O) groups excluding carboxylic acids is 2. The fourth-order valence-corrected chi connectivity index (χ4v) is 2.53. The Morgan fingerprint density at radius 3 is 2.47 bits per heavy atom. The summed E-state index contributed by atoms with van der Waals surface area (Å²) in [5.41, 5.74) is 0.555. The van der Waals surface area contributed by atoms with Crippen molar-refractivity contribution in [3.05, 3.63) is 24.3 Å². The molecule has 5 heteroatoms. The molecular weight excluding hydrogens is 242 g/mol. The van der Waals surface area contributed by atoms with E-state index in [4.69, 9.17) is 0 Å². The molecule has 0 aliphatic carbocycles. The molecule has 1 aliphatic heterocycles. The first-order valence-corrected chi connectivity index (χ1v) is 6.27. The number of aromatic nitrogens is 2. The highest BCUT2D eigenvalue weighted by Gasteiger charge is 2.39. The van der Waals surface area contributed by atoms with Gasteiger partial charge < -0.3 is 0 Å². The van der Waals surface area contributed by atoms with Crippen LogP contribution in [0.15, 0.2) is 24.3 Å². The number of imide groups is 1. The Morgan fingerprint density at radius 1 is 1.16 bits per heavy atom. The molecule has 1 aromatic heterocycles. The van der Waals surface area contributed by atoms with Crippen molar-refractivity contribution < 1.29 is 9.59 Å². The van der Waals surface area contributed by atoms with Gasteiger partial charge in [0.25, 0.3) is 0 Å². The monoisotopic (exact) mass is 257 g/mol. The van der Waals surface area contributed by atoms with E-state index in [9.17, 15) is 9.59 Å². The van der Waals surface area contributed by atoms with Crippen LogP contribution in [0.25, 0.3) is 10.9 Å². The Bertz CT molecular complexity index is 652. The maximum atomic E-state index is 12.2. The summed E-state index contributed by atoms with van der Waals surface area (Å²) in [4.78, 5) is 25.6. The van der Waals surface area contributed by atoms with Crippen molar-refractivity contribution in [3.8, 4) is 0 Å². The van der Waals surface area contributed by atoms with Gasteiger partial charge in [-0.25, -0.2) is 4.90 Å².